The van der Waals surface area contributed by atoms with Crippen molar-refractivity contribution < 1.29 is 0 Å². The average Bonchev–Trinajstić information content (AvgIpc) is 3.13. The zero-order chi connectivity index (χ0) is 13.8. The average molecular weight is 272 g/mol. The van der Waals surface area contributed by atoms with E-state index in [2.05, 4.69) is 30.9 Å². The third-order valence-corrected chi connectivity index (χ3v) is 2.96. The lowest BCUT2D eigenvalue weighted by Crippen LogP contribution is -2.10. The monoisotopic (exact) mass is 272 g/mol. The van der Waals surface area contributed by atoms with Gasteiger partial charge < -0.3 is 15.0 Å². The van der Waals surface area contributed by atoms with Crippen LogP contribution in [0.2, 0.25) is 0 Å². The maximum Gasteiger partial charge on any atom is 0.180 e. The molecular formula is C12H16N8. The van der Waals surface area contributed by atoms with Crippen LogP contribution in [0.25, 0.3) is 5.65 Å². The third-order valence-electron chi connectivity index (χ3n) is 2.96. The van der Waals surface area contributed by atoms with Gasteiger partial charge in [-0.1, -0.05) is 5.21 Å². The minimum Gasteiger partial charge on any atom is -0.372 e. The fraction of sp³-hybridized carbons (Fsp3) is 0.333. The van der Waals surface area contributed by atoms with Gasteiger partial charge in [0.2, 0.25) is 0 Å². The van der Waals surface area contributed by atoms with Crippen LogP contribution in [0.1, 0.15) is 6.42 Å². The first kappa shape index (κ1) is 12.4. The normalized spacial score (nSPS) is 10.8. The molecule has 0 fully saturated rings. The van der Waals surface area contributed by atoms with E-state index in [9.17, 15) is 0 Å². The van der Waals surface area contributed by atoms with E-state index in [0.29, 0.717) is 0 Å². The Labute approximate surface area is 115 Å². The Morgan fingerprint density at radius 3 is 3.00 bits per heavy atom. The molecule has 0 aliphatic carbocycles. The number of hydrogen-bond acceptors (Lipinski definition) is 6. The smallest absolute Gasteiger partial charge is 0.180 e. The van der Waals surface area contributed by atoms with E-state index in [0.717, 1.165) is 36.8 Å². The van der Waals surface area contributed by atoms with Gasteiger partial charge in [0.1, 0.15) is 5.82 Å². The molecule has 3 aromatic rings. The number of nitrogens with one attached hydrogen (secondary N) is 2. The van der Waals surface area contributed by atoms with E-state index in [4.69, 9.17) is 0 Å². The summed E-state index contributed by atoms with van der Waals surface area (Å²) in [7, 11) is 1.85. The lowest BCUT2D eigenvalue weighted by molar-refractivity contribution is 0.569. The fourth-order valence-corrected chi connectivity index (χ4v) is 1.97. The van der Waals surface area contributed by atoms with Crippen LogP contribution in [0.4, 0.5) is 11.6 Å². The minimum absolute atomic E-state index is 0.778. The highest BCUT2D eigenvalue weighted by Gasteiger charge is 2.06. The second kappa shape index (κ2) is 5.55. The molecule has 8 nitrogen and oxygen atoms in total. The molecule has 0 radical (unpaired) electrons. The van der Waals surface area contributed by atoms with Crippen LogP contribution in [0.5, 0.6) is 0 Å². The first-order valence-electron chi connectivity index (χ1n) is 6.46. The van der Waals surface area contributed by atoms with Gasteiger partial charge in [-0.25, -0.2) is 9.97 Å². The molecule has 104 valence electrons. The molecule has 8 heteroatoms. The third kappa shape index (κ3) is 2.53. The van der Waals surface area contributed by atoms with Crippen molar-refractivity contribution in [1.82, 2.24) is 29.4 Å². The first-order chi connectivity index (χ1) is 9.86. The summed E-state index contributed by atoms with van der Waals surface area (Å²) >= 11 is 0. The Kier molecular flexibility index (Phi) is 3.44. The second-order valence-corrected chi connectivity index (χ2v) is 4.33. The molecule has 3 rings (SSSR count). The van der Waals surface area contributed by atoms with Gasteiger partial charge in [0.05, 0.1) is 12.4 Å². The molecular weight excluding hydrogens is 256 g/mol. The van der Waals surface area contributed by atoms with Gasteiger partial charge in [0, 0.05) is 38.7 Å². The Morgan fingerprint density at radius 2 is 2.20 bits per heavy atom. The molecule has 3 aromatic heterocycles. The van der Waals surface area contributed by atoms with Crippen molar-refractivity contribution in [3.05, 3.63) is 31.0 Å². The summed E-state index contributed by atoms with van der Waals surface area (Å²) in [5, 5.41) is 14.1. The number of hydrogen-bond donors (Lipinski definition) is 2. The van der Waals surface area contributed by atoms with Crippen LogP contribution >= 0.6 is 0 Å². The maximum atomic E-state index is 4.49. The summed E-state index contributed by atoms with van der Waals surface area (Å²) in [6.07, 6.45) is 10.0. The predicted molar refractivity (Wildman–Crippen MR) is 75.7 cm³/mol. The van der Waals surface area contributed by atoms with Gasteiger partial charge >= 0.3 is 0 Å². The lowest BCUT2D eigenvalue weighted by atomic mass is 10.4. The van der Waals surface area contributed by atoms with Crippen molar-refractivity contribution in [1.29, 1.82) is 0 Å². The number of imidazole rings is 1. The molecule has 20 heavy (non-hydrogen) atoms. The van der Waals surface area contributed by atoms with E-state index < -0.39 is 0 Å². The van der Waals surface area contributed by atoms with Crippen LogP contribution < -0.4 is 10.6 Å². The molecule has 0 spiro atoms. The highest BCUT2D eigenvalue weighted by molar-refractivity contribution is 5.65. The Hall–Kier alpha value is -2.64. The number of aromatic nitrogens is 6. The molecule has 0 aliphatic rings. The van der Waals surface area contributed by atoms with Crippen LogP contribution in [0.15, 0.2) is 31.0 Å². The van der Waals surface area contributed by atoms with Gasteiger partial charge in [-0.05, 0) is 6.42 Å². The zero-order valence-electron chi connectivity index (χ0n) is 11.2. The van der Waals surface area contributed by atoms with Gasteiger partial charge in [0.15, 0.2) is 11.5 Å². The number of fused-ring (bicyclic) bond motifs is 1. The summed E-state index contributed by atoms with van der Waals surface area (Å²) < 4.78 is 3.75. The molecule has 0 saturated carbocycles. The summed E-state index contributed by atoms with van der Waals surface area (Å²) in [5.74, 6) is 1.58. The summed E-state index contributed by atoms with van der Waals surface area (Å²) in [5.41, 5.74) is 0.824. The van der Waals surface area contributed by atoms with E-state index >= 15 is 0 Å². The van der Waals surface area contributed by atoms with Crippen LogP contribution in [-0.4, -0.2) is 43.0 Å². The van der Waals surface area contributed by atoms with E-state index in [-0.39, 0.29) is 0 Å². The molecule has 0 unspecified atom stereocenters. The van der Waals surface area contributed by atoms with Crippen molar-refractivity contribution in [2.45, 2.75) is 13.0 Å². The Balaban J connectivity index is 1.65. The maximum absolute atomic E-state index is 4.49. The van der Waals surface area contributed by atoms with Crippen molar-refractivity contribution >= 4 is 17.3 Å². The van der Waals surface area contributed by atoms with E-state index in [1.807, 2.05) is 34.7 Å². The summed E-state index contributed by atoms with van der Waals surface area (Å²) in [4.78, 5) is 8.79. The Morgan fingerprint density at radius 1 is 1.25 bits per heavy atom. The van der Waals surface area contributed by atoms with Crippen molar-refractivity contribution in [3.63, 3.8) is 0 Å². The van der Waals surface area contributed by atoms with Crippen LogP contribution in [0.3, 0.4) is 0 Å². The van der Waals surface area contributed by atoms with Crippen molar-refractivity contribution in [2.75, 3.05) is 24.2 Å². The molecule has 0 saturated heterocycles. The second-order valence-electron chi connectivity index (χ2n) is 4.33. The van der Waals surface area contributed by atoms with Gasteiger partial charge in [-0.15, -0.1) is 5.10 Å². The quantitative estimate of drug-likeness (QED) is 0.648. The molecule has 0 aliphatic heterocycles. The summed E-state index contributed by atoms with van der Waals surface area (Å²) in [6.45, 7) is 1.62. The first-order valence-corrected chi connectivity index (χ1v) is 6.46. The van der Waals surface area contributed by atoms with Gasteiger partial charge in [-0.3, -0.25) is 4.68 Å². The Bertz CT molecular complexity index is 672. The van der Waals surface area contributed by atoms with Crippen molar-refractivity contribution in [2.24, 2.45) is 0 Å². The fourth-order valence-electron chi connectivity index (χ4n) is 1.97. The molecule has 3 heterocycles. The number of aryl methyl sites for hydroxylation is 1. The zero-order valence-corrected chi connectivity index (χ0v) is 11.2. The largest absolute Gasteiger partial charge is 0.372 e. The summed E-state index contributed by atoms with van der Waals surface area (Å²) in [6, 6.07) is 0. The topological polar surface area (TPSA) is 85.0 Å². The highest BCUT2D eigenvalue weighted by Crippen LogP contribution is 2.15. The minimum atomic E-state index is 0.778. The number of nitrogens with zero attached hydrogens (tertiary/aromatic N) is 6. The highest BCUT2D eigenvalue weighted by atomic mass is 15.4. The van der Waals surface area contributed by atoms with Gasteiger partial charge in [0.25, 0.3) is 0 Å². The molecule has 0 atom stereocenters. The number of anilines is 2. The molecule has 0 amide bonds. The SMILES string of the molecule is CNc1cn2ccnc2c(NCCCn2ccnn2)n1. The molecule has 0 aromatic carbocycles. The number of rotatable bonds is 6. The van der Waals surface area contributed by atoms with E-state index in [1.54, 1.807) is 12.4 Å². The van der Waals surface area contributed by atoms with Crippen LogP contribution in [0, 0.1) is 0 Å². The van der Waals surface area contributed by atoms with Crippen LogP contribution in [-0.2, 0) is 6.54 Å². The van der Waals surface area contributed by atoms with Crippen molar-refractivity contribution in [3.8, 4) is 0 Å². The molecule has 0 bridgehead atoms. The lowest BCUT2D eigenvalue weighted by Gasteiger charge is -2.09. The molecule has 2 N–H and O–H groups in total. The van der Waals surface area contributed by atoms with E-state index in [1.165, 1.54) is 0 Å². The predicted octanol–water partition coefficient (Wildman–Crippen LogP) is 0.865. The van der Waals surface area contributed by atoms with Gasteiger partial charge in [-0.2, -0.15) is 0 Å². The standard InChI is InChI=1S/C12H16N8/c1-13-10-9-19-7-4-15-12(19)11(17-10)14-3-2-6-20-8-5-16-18-20/h4-5,7-9,13H,2-3,6H2,1H3,(H,14,17).